The van der Waals surface area contributed by atoms with Crippen LogP contribution in [0.15, 0.2) is 36.7 Å². The van der Waals surface area contributed by atoms with Gasteiger partial charge in [0.25, 0.3) is 0 Å². The highest BCUT2D eigenvalue weighted by Crippen LogP contribution is 2.48. The van der Waals surface area contributed by atoms with E-state index in [0.717, 1.165) is 0 Å². The molecule has 4 rings (SSSR count). The summed E-state index contributed by atoms with van der Waals surface area (Å²) < 4.78 is 32.1. The fourth-order valence-corrected chi connectivity index (χ4v) is 6.22. The lowest BCUT2D eigenvalue weighted by atomic mass is 9.95. The molecule has 1 aliphatic rings. The van der Waals surface area contributed by atoms with Crippen molar-refractivity contribution in [3.05, 3.63) is 36.7 Å². The van der Waals surface area contributed by atoms with Gasteiger partial charge in [0.1, 0.15) is 23.4 Å². The van der Waals surface area contributed by atoms with Crippen LogP contribution in [0.5, 0.6) is 5.75 Å². The molecule has 1 aliphatic carbocycles. The van der Waals surface area contributed by atoms with Gasteiger partial charge in [-0.05, 0) is 38.8 Å². The molecule has 0 amide bonds. The Balaban J connectivity index is 1.56. The first-order chi connectivity index (χ1) is 18.4. The Morgan fingerprint density at radius 2 is 1.85 bits per heavy atom. The lowest BCUT2D eigenvalue weighted by Crippen LogP contribution is -2.37. The van der Waals surface area contributed by atoms with Gasteiger partial charge in [-0.2, -0.15) is 15.1 Å². The molecular weight excluding hydrogens is 529 g/mol. The van der Waals surface area contributed by atoms with E-state index in [0.29, 0.717) is 11.2 Å². The Kier molecular flexibility index (Phi) is 8.42. The van der Waals surface area contributed by atoms with Crippen molar-refractivity contribution in [1.82, 2.24) is 24.6 Å². The summed E-state index contributed by atoms with van der Waals surface area (Å²) in [7, 11) is -4.17. The zero-order valence-corrected chi connectivity index (χ0v) is 22.9. The zero-order valence-electron chi connectivity index (χ0n) is 22.0. The quantitative estimate of drug-likeness (QED) is 0.176. The third-order valence-electron chi connectivity index (χ3n) is 6.60. The number of fused-ring (bicyclic) bond motifs is 1. The summed E-state index contributed by atoms with van der Waals surface area (Å²) in [5, 5.41) is 24.6. The van der Waals surface area contributed by atoms with Gasteiger partial charge in [0, 0.05) is 5.92 Å². The van der Waals surface area contributed by atoms with E-state index in [1.165, 1.54) is 13.3 Å². The molecule has 39 heavy (non-hydrogen) atoms. The van der Waals surface area contributed by atoms with Gasteiger partial charge in [-0.1, -0.05) is 25.1 Å². The molecule has 212 valence electrons. The molecule has 0 saturated heterocycles. The van der Waals surface area contributed by atoms with Gasteiger partial charge in [0.15, 0.2) is 11.5 Å². The Hall–Kier alpha value is -3.29. The van der Waals surface area contributed by atoms with Crippen molar-refractivity contribution >= 4 is 36.6 Å². The molecule has 0 bridgehead atoms. The highest BCUT2D eigenvalue weighted by molar-refractivity contribution is 7.52. The number of hydrogen-bond donors (Lipinski definition) is 5. The molecule has 2 heterocycles. The summed E-state index contributed by atoms with van der Waals surface area (Å²) >= 11 is 0. The maximum Gasteiger partial charge on any atom is 0.459 e. The van der Waals surface area contributed by atoms with Gasteiger partial charge in [-0.25, -0.2) is 9.55 Å². The summed E-state index contributed by atoms with van der Waals surface area (Å²) in [5.41, 5.74) is 12.3. The lowest BCUT2D eigenvalue weighted by molar-refractivity contribution is -0.149. The molecule has 0 aliphatic heterocycles. The predicted molar refractivity (Wildman–Crippen MR) is 142 cm³/mol. The van der Waals surface area contributed by atoms with Crippen LogP contribution in [0.4, 0.5) is 11.8 Å². The fourth-order valence-electron chi connectivity index (χ4n) is 4.69. The number of aromatic nitrogens is 4. The van der Waals surface area contributed by atoms with E-state index in [4.69, 9.17) is 25.3 Å². The molecule has 0 spiro atoms. The maximum atomic E-state index is 13.8. The number of carbonyl (C=O) groups excluding carboxylic acids is 1. The van der Waals surface area contributed by atoms with Crippen molar-refractivity contribution in [3.63, 3.8) is 0 Å². The van der Waals surface area contributed by atoms with Crippen molar-refractivity contribution in [2.45, 2.75) is 58.1 Å². The monoisotopic (exact) mass is 563 g/mol. The minimum Gasteiger partial charge on any atom is -0.462 e. The van der Waals surface area contributed by atoms with Crippen LogP contribution in [0, 0.1) is 11.8 Å². The largest absolute Gasteiger partial charge is 0.462 e. The fraction of sp³-hybridized carbons (Fsp3) is 0.500. The van der Waals surface area contributed by atoms with Crippen molar-refractivity contribution in [3.8, 4) is 5.75 Å². The number of benzene rings is 1. The number of hydrogen-bond acceptors (Lipinski definition) is 12. The maximum absolute atomic E-state index is 13.8. The number of carbonyl (C=O) groups is 1. The van der Waals surface area contributed by atoms with E-state index in [9.17, 15) is 19.6 Å². The number of anilines is 2. The van der Waals surface area contributed by atoms with Crippen LogP contribution >= 0.6 is 7.75 Å². The molecule has 1 aromatic carbocycles. The first-order valence-electron chi connectivity index (χ1n) is 12.5. The van der Waals surface area contributed by atoms with Gasteiger partial charge < -0.3 is 35.5 Å². The molecule has 0 radical (unpaired) electrons. The SMILES string of the molecule is CC(C)OC(=O)[C@H](C)N[P@](=O)(OC[C@H]1[C@H](C)[C@@H](n2cnc3c(N)nc(N)nc32)[C@H](O)[C@@H]1O)Oc1ccccc1. The van der Waals surface area contributed by atoms with E-state index < -0.39 is 49.8 Å². The highest BCUT2D eigenvalue weighted by Gasteiger charge is 2.49. The Morgan fingerprint density at radius 1 is 1.15 bits per heavy atom. The summed E-state index contributed by atoms with van der Waals surface area (Å²) in [6.45, 7) is 6.40. The average molecular weight is 564 g/mol. The third kappa shape index (κ3) is 6.15. The number of esters is 1. The van der Waals surface area contributed by atoms with Crippen LogP contribution in [0.25, 0.3) is 11.2 Å². The van der Waals surface area contributed by atoms with Crippen molar-refractivity contribution < 1.29 is 33.4 Å². The molecule has 3 aromatic rings. The lowest BCUT2D eigenvalue weighted by Gasteiger charge is -2.26. The smallest absolute Gasteiger partial charge is 0.459 e. The Bertz CT molecular complexity index is 1360. The van der Waals surface area contributed by atoms with Gasteiger partial charge in [-0.3, -0.25) is 9.32 Å². The van der Waals surface area contributed by atoms with Crippen LogP contribution in [0.1, 0.15) is 33.7 Å². The molecule has 2 aromatic heterocycles. The van der Waals surface area contributed by atoms with Crippen LogP contribution in [0.2, 0.25) is 0 Å². The van der Waals surface area contributed by atoms with Crippen LogP contribution < -0.4 is 21.1 Å². The predicted octanol–water partition coefficient (Wildman–Crippen LogP) is 1.65. The second kappa shape index (κ2) is 11.4. The molecule has 15 heteroatoms. The number of nitrogens with zero attached hydrogens (tertiary/aromatic N) is 4. The number of nitrogens with two attached hydrogens (primary N) is 2. The summed E-state index contributed by atoms with van der Waals surface area (Å²) in [6.07, 6.45) is -1.43. The molecule has 0 unspecified atom stereocenters. The Morgan fingerprint density at radius 3 is 2.51 bits per heavy atom. The van der Waals surface area contributed by atoms with E-state index >= 15 is 0 Å². The van der Waals surface area contributed by atoms with Gasteiger partial charge in [0.2, 0.25) is 5.95 Å². The minimum atomic E-state index is -4.17. The first kappa shape index (κ1) is 28.7. The molecule has 7 atom stereocenters. The number of para-hydroxylation sites is 1. The zero-order chi connectivity index (χ0) is 28.5. The van der Waals surface area contributed by atoms with Crippen molar-refractivity contribution in [2.24, 2.45) is 11.8 Å². The summed E-state index contributed by atoms with van der Waals surface area (Å²) in [4.78, 5) is 24.7. The van der Waals surface area contributed by atoms with E-state index in [2.05, 4.69) is 20.0 Å². The number of nitrogens with one attached hydrogen (secondary N) is 1. The summed E-state index contributed by atoms with van der Waals surface area (Å²) in [6, 6.07) is 6.61. The summed E-state index contributed by atoms with van der Waals surface area (Å²) in [5.74, 6) is -1.47. The second-order valence-electron chi connectivity index (χ2n) is 9.82. The topological polar surface area (TPSA) is 210 Å². The standard InChI is InChI=1S/C24H34N7O7P/c1-12(2)37-23(34)14(4)30-39(35,38-15-8-6-5-7-9-15)36-10-16-13(3)18(20(33)19(16)32)31-11-27-17-21(25)28-24(26)29-22(17)31/h5-9,11-14,16,18-20,32-33H,10H2,1-4H3,(H,30,35)(H4,25,26,28,29)/t13-,14-,16-,18+,19+,20-,39-/m0/s1. The number of nitrogen functional groups attached to an aromatic ring is 2. The molecule has 1 saturated carbocycles. The van der Waals surface area contributed by atoms with Gasteiger partial charge in [0.05, 0.1) is 31.2 Å². The number of ether oxygens (including phenoxy) is 1. The molecule has 7 N–H and O–H groups in total. The second-order valence-corrected chi connectivity index (χ2v) is 11.5. The third-order valence-corrected chi connectivity index (χ3v) is 8.25. The number of rotatable bonds is 10. The van der Waals surface area contributed by atoms with Gasteiger partial charge in [-0.15, -0.1) is 0 Å². The van der Waals surface area contributed by atoms with E-state index in [1.807, 2.05) is 0 Å². The normalized spacial score (nSPS) is 25.5. The minimum absolute atomic E-state index is 0.0579. The highest BCUT2D eigenvalue weighted by atomic mass is 31.2. The number of aliphatic hydroxyl groups excluding tert-OH is 2. The van der Waals surface area contributed by atoms with Crippen LogP contribution in [-0.4, -0.2) is 66.7 Å². The van der Waals surface area contributed by atoms with E-state index in [-0.39, 0.29) is 30.2 Å². The van der Waals surface area contributed by atoms with Crippen LogP contribution in [-0.2, 0) is 18.6 Å². The Labute approximate surface area is 225 Å². The molecular formula is C24H34N7O7P. The van der Waals surface area contributed by atoms with Gasteiger partial charge >= 0.3 is 13.7 Å². The van der Waals surface area contributed by atoms with E-state index in [1.54, 1.807) is 55.7 Å². The number of imidazole rings is 1. The number of aliphatic hydroxyl groups is 2. The first-order valence-corrected chi connectivity index (χ1v) is 14.0. The average Bonchev–Trinajstić information content (AvgIpc) is 3.36. The molecule has 14 nitrogen and oxygen atoms in total. The molecule has 1 fully saturated rings. The van der Waals surface area contributed by atoms with Crippen molar-refractivity contribution in [2.75, 3.05) is 18.1 Å². The van der Waals surface area contributed by atoms with Crippen LogP contribution in [0.3, 0.4) is 0 Å². The van der Waals surface area contributed by atoms with Crippen molar-refractivity contribution in [1.29, 1.82) is 0 Å².